The van der Waals surface area contributed by atoms with Gasteiger partial charge in [-0.3, -0.25) is 14.7 Å². The van der Waals surface area contributed by atoms with Crippen molar-refractivity contribution in [3.05, 3.63) is 59.9 Å². The first-order chi connectivity index (χ1) is 11.2. The Morgan fingerprint density at radius 2 is 1.65 bits per heavy atom. The summed E-state index contributed by atoms with van der Waals surface area (Å²) in [5, 5.41) is 0. The summed E-state index contributed by atoms with van der Waals surface area (Å²) in [6, 6.07) is 11.7. The summed E-state index contributed by atoms with van der Waals surface area (Å²) in [5.41, 5.74) is 8.33. The van der Waals surface area contributed by atoms with Gasteiger partial charge in [-0.15, -0.1) is 0 Å². The van der Waals surface area contributed by atoms with Gasteiger partial charge in [0.25, 0.3) is 0 Å². The number of rotatable bonds is 5. The lowest BCUT2D eigenvalue weighted by Gasteiger charge is -2.36. The van der Waals surface area contributed by atoms with E-state index < -0.39 is 0 Å². The molecule has 2 heterocycles. The maximum absolute atomic E-state index is 11.1. The van der Waals surface area contributed by atoms with Crippen LogP contribution >= 0.6 is 0 Å². The number of piperazine rings is 1. The molecule has 2 aromatic rings. The van der Waals surface area contributed by atoms with Crippen molar-refractivity contribution < 1.29 is 4.79 Å². The van der Waals surface area contributed by atoms with Crippen LogP contribution in [0.25, 0.3) is 0 Å². The van der Waals surface area contributed by atoms with Gasteiger partial charge in [-0.2, -0.15) is 0 Å². The molecule has 1 fully saturated rings. The second kappa shape index (κ2) is 7.24. The standard InChI is InChI=1S/C18H22N4O/c19-18(23)16-1-3-17(4-2-16)22-13-11-21(12-14-22)10-7-15-5-8-20-9-6-15/h1-6,8-9H,7,10-14H2,(H2,19,23). The number of carbonyl (C=O) groups is 1. The largest absolute Gasteiger partial charge is 0.369 e. The molecule has 2 N–H and O–H groups in total. The van der Waals surface area contributed by atoms with Crippen LogP contribution in [0.3, 0.4) is 0 Å². The summed E-state index contributed by atoms with van der Waals surface area (Å²) in [6.07, 6.45) is 4.77. The second-order valence-electron chi connectivity index (χ2n) is 5.85. The Bertz CT molecular complexity index is 634. The number of primary amides is 1. The molecule has 5 heteroatoms. The first-order valence-corrected chi connectivity index (χ1v) is 7.98. The van der Waals surface area contributed by atoms with E-state index in [1.165, 1.54) is 5.56 Å². The molecule has 1 aliphatic rings. The Morgan fingerprint density at radius 1 is 1.00 bits per heavy atom. The van der Waals surface area contributed by atoms with Crippen LogP contribution in [0.15, 0.2) is 48.8 Å². The first kappa shape index (κ1) is 15.5. The molecule has 0 saturated carbocycles. The molecule has 1 aliphatic heterocycles. The van der Waals surface area contributed by atoms with Gasteiger partial charge < -0.3 is 10.6 Å². The van der Waals surface area contributed by atoms with Crippen LogP contribution in [0.4, 0.5) is 5.69 Å². The van der Waals surface area contributed by atoms with Crippen LogP contribution in [0.5, 0.6) is 0 Å². The highest BCUT2D eigenvalue weighted by atomic mass is 16.1. The van der Waals surface area contributed by atoms with E-state index in [9.17, 15) is 4.79 Å². The van der Waals surface area contributed by atoms with Crippen molar-refractivity contribution in [2.45, 2.75) is 6.42 Å². The Balaban J connectivity index is 1.49. The Kier molecular flexibility index (Phi) is 4.88. The zero-order valence-electron chi connectivity index (χ0n) is 13.2. The highest BCUT2D eigenvalue weighted by molar-refractivity contribution is 5.93. The van der Waals surface area contributed by atoms with E-state index in [0.717, 1.165) is 44.8 Å². The molecule has 1 aromatic carbocycles. The monoisotopic (exact) mass is 310 g/mol. The van der Waals surface area contributed by atoms with Crippen molar-refractivity contribution in [3.8, 4) is 0 Å². The third kappa shape index (κ3) is 4.07. The fourth-order valence-electron chi connectivity index (χ4n) is 2.90. The van der Waals surface area contributed by atoms with Gasteiger partial charge in [-0.05, 0) is 48.4 Å². The number of aromatic nitrogens is 1. The lowest BCUT2D eigenvalue weighted by molar-refractivity contribution is 0.100. The van der Waals surface area contributed by atoms with Gasteiger partial charge >= 0.3 is 0 Å². The lowest BCUT2D eigenvalue weighted by atomic mass is 10.1. The van der Waals surface area contributed by atoms with Crippen LogP contribution in [0.1, 0.15) is 15.9 Å². The van der Waals surface area contributed by atoms with Gasteiger partial charge in [0.1, 0.15) is 0 Å². The number of benzene rings is 1. The van der Waals surface area contributed by atoms with Crippen molar-refractivity contribution in [2.75, 3.05) is 37.6 Å². The van der Waals surface area contributed by atoms with E-state index in [1.807, 2.05) is 24.5 Å². The quantitative estimate of drug-likeness (QED) is 0.910. The second-order valence-corrected chi connectivity index (χ2v) is 5.85. The van der Waals surface area contributed by atoms with Crippen molar-refractivity contribution in [1.82, 2.24) is 9.88 Å². The molecule has 5 nitrogen and oxygen atoms in total. The maximum Gasteiger partial charge on any atom is 0.248 e. The fraction of sp³-hybridized carbons (Fsp3) is 0.333. The molecule has 120 valence electrons. The van der Waals surface area contributed by atoms with Crippen LogP contribution in [0, 0.1) is 0 Å². The van der Waals surface area contributed by atoms with Gasteiger partial charge in [0.05, 0.1) is 0 Å². The number of hydrogen-bond acceptors (Lipinski definition) is 4. The molecule has 0 spiro atoms. The van der Waals surface area contributed by atoms with Crippen LogP contribution in [-0.2, 0) is 6.42 Å². The Hall–Kier alpha value is -2.40. The van der Waals surface area contributed by atoms with E-state index >= 15 is 0 Å². The number of pyridine rings is 1. The predicted molar refractivity (Wildman–Crippen MR) is 91.6 cm³/mol. The Labute approximate surface area is 136 Å². The zero-order valence-corrected chi connectivity index (χ0v) is 13.2. The lowest BCUT2D eigenvalue weighted by Crippen LogP contribution is -2.47. The van der Waals surface area contributed by atoms with Gasteiger partial charge in [0, 0.05) is 56.4 Å². The molecule has 3 rings (SSSR count). The molecule has 23 heavy (non-hydrogen) atoms. The molecule has 0 radical (unpaired) electrons. The fourth-order valence-corrected chi connectivity index (χ4v) is 2.90. The molecule has 0 bridgehead atoms. The molecular formula is C18H22N4O. The van der Waals surface area contributed by atoms with E-state index in [1.54, 1.807) is 12.1 Å². The van der Waals surface area contributed by atoms with Crippen LogP contribution in [-0.4, -0.2) is 48.5 Å². The predicted octanol–water partition coefficient (Wildman–Crippen LogP) is 1.55. The number of nitrogens with two attached hydrogens (primary N) is 1. The van der Waals surface area contributed by atoms with Crippen molar-refractivity contribution >= 4 is 11.6 Å². The number of hydrogen-bond donors (Lipinski definition) is 1. The number of anilines is 1. The third-order valence-electron chi connectivity index (χ3n) is 4.36. The van der Waals surface area contributed by atoms with Crippen molar-refractivity contribution in [3.63, 3.8) is 0 Å². The Morgan fingerprint density at radius 3 is 2.26 bits per heavy atom. The number of nitrogens with zero attached hydrogens (tertiary/aromatic N) is 3. The highest BCUT2D eigenvalue weighted by Crippen LogP contribution is 2.17. The minimum atomic E-state index is -0.377. The normalized spacial score (nSPS) is 15.6. The van der Waals surface area contributed by atoms with Crippen LogP contribution < -0.4 is 10.6 Å². The third-order valence-corrected chi connectivity index (χ3v) is 4.36. The average molecular weight is 310 g/mol. The van der Waals surface area contributed by atoms with E-state index in [0.29, 0.717) is 5.56 Å². The van der Waals surface area contributed by atoms with Gasteiger partial charge in [-0.1, -0.05) is 0 Å². The summed E-state index contributed by atoms with van der Waals surface area (Å²) < 4.78 is 0. The van der Waals surface area contributed by atoms with E-state index in [-0.39, 0.29) is 5.91 Å². The molecule has 0 aliphatic carbocycles. The minimum absolute atomic E-state index is 0.377. The summed E-state index contributed by atoms with van der Waals surface area (Å²) >= 11 is 0. The topological polar surface area (TPSA) is 62.5 Å². The SMILES string of the molecule is NC(=O)c1ccc(N2CCN(CCc3ccncc3)CC2)cc1. The zero-order chi connectivity index (χ0) is 16.1. The highest BCUT2D eigenvalue weighted by Gasteiger charge is 2.17. The number of carbonyl (C=O) groups excluding carboxylic acids is 1. The van der Waals surface area contributed by atoms with Crippen LogP contribution in [0.2, 0.25) is 0 Å². The summed E-state index contributed by atoms with van der Waals surface area (Å²) in [7, 11) is 0. The summed E-state index contributed by atoms with van der Waals surface area (Å²) in [6.45, 7) is 5.21. The van der Waals surface area contributed by atoms with Crippen molar-refractivity contribution in [1.29, 1.82) is 0 Å². The van der Waals surface area contributed by atoms with E-state index in [2.05, 4.69) is 26.9 Å². The summed E-state index contributed by atoms with van der Waals surface area (Å²) in [5.74, 6) is -0.377. The molecule has 1 saturated heterocycles. The van der Waals surface area contributed by atoms with Crippen molar-refractivity contribution in [2.24, 2.45) is 5.73 Å². The molecule has 1 amide bonds. The molecule has 1 aromatic heterocycles. The van der Waals surface area contributed by atoms with Gasteiger partial charge in [0.15, 0.2) is 0 Å². The van der Waals surface area contributed by atoms with E-state index in [4.69, 9.17) is 5.73 Å². The molecular weight excluding hydrogens is 288 g/mol. The molecule has 0 unspecified atom stereocenters. The maximum atomic E-state index is 11.1. The number of amides is 1. The smallest absolute Gasteiger partial charge is 0.248 e. The average Bonchev–Trinajstić information content (AvgIpc) is 2.61. The molecule has 0 atom stereocenters. The first-order valence-electron chi connectivity index (χ1n) is 7.98. The van der Waals surface area contributed by atoms with Gasteiger partial charge in [-0.25, -0.2) is 0 Å². The minimum Gasteiger partial charge on any atom is -0.369 e. The summed E-state index contributed by atoms with van der Waals surface area (Å²) in [4.78, 5) is 20.0. The van der Waals surface area contributed by atoms with Gasteiger partial charge in [0.2, 0.25) is 5.91 Å².